The zero-order chi connectivity index (χ0) is 13.9. The van der Waals surface area contributed by atoms with Gasteiger partial charge in [-0.25, -0.2) is 4.98 Å². The molecular formula is C16H18N2OS. The van der Waals surface area contributed by atoms with Crippen LogP contribution in [0.2, 0.25) is 0 Å². The van der Waals surface area contributed by atoms with Crippen molar-refractivity contribution in [1.29, 1.82) is 0 Å². The van der Waals surface area contributed by atoms with Crippen molar-refractivity contribution in [3.63, 3.8) is 0 Å². The second kappa shape index (κ2) is 5.83. The molecule has 1 aromatic heterocycles. The molecule has 1 heterocycles. The van der Waals surface area contributed by atoms with Crippen LogP contribution >= 0.6 is 11.8 Å². The molecule has 2 aromatic rings. The molecule has 1 aromatic carbocycles. The van der Waals surface area contributed by atoms with Crippen LogP contribution in [0.1, 0.15) is 31.2 Å². The number of benzene rings is 1. The number of H-pyrrole nitrogens is 1. The Balaban J connectivity index is 1.97. The summed E-state index contributed by atoms with van der Waals surface area (Å²) >= 11 is 1.72. The number of rotatable bonds is 3. The van der Waals surface area contributed by atoms with E-state index < -0.39 is 0 Å². The highest BCUT2D eigenvalue weighted by molar-refractivity contribution is 7.99. The van der Waals surface area contributed by atoms with Gasteiger partial charge in [-0.3, -0.25) is 4.79 Å². The summed E-state index contributed by atoms with van der Waals surface area (Å²) in [6, 6.07) is 9.92. The number of nitrogens with one attached hydrogen (secondary N) is 1. The van der Waals surface area contributed by atoms with E-state index in [0.29, 0.717) is 10.8 Å². The van der Waals surface area contributed by atoms with E-state index in [-0.39, 0.29) is 5.56 Å². The van der Waals surface area contributed by atoms with Gasteiger partial charge in [-0.1, -0.05) is 54.9 Å². The molecule has 20 heavy (non-hydrogen) atoms. The van der Waals surface area contributed by atoms with Gasteiger partial charge in [0, 0.05) is 16.4 Å². The highest BCUT2D eigenvalue weighted by Gasteiger charge is 2.18. The molecule has 0 unspecified atom stereocenters. The quantitative estimate of drug-likeness (QED) is 0.873. The van der Waals surface area contributed by atoms with Crippen LogP contribution in [-0.4, -0.2) is 15.2 Å². The minimum Gasteiger partial charge on any atom is -0.301 e. The average Bonchev–Trinajstić information content (AvgIpc) is 2.96. The average molecular weight is 286 g/mol. The molecule has 0 aliphatic heterocycles. The van der Waals surface area contributed by atoms with E-state index in [9.17, 15) is 4.79 Å². The van der Waals surface area contributed by atoms with Crippen LogP contribution in [0.4, 0.5) is 0 Å². The third kappa shape index (κ3) is 2.80. The highest BCUT2D eigenvalue weighted by atomic mass is 32.2. The van der Waals surface area contributed by atoms with E-state index in [2.05, 4.69) is 9.97 Å². The van der Waals surface area contributed by atoms with Crippen molar-refractivity contribution in [2.24, 2.45) is 0 Å². The summed E-state index contributed by atoms with van der Waals surface area (Å²) in [6.07, 6.45) is 5.03. The van der Waals surface area contributed by atoms with Crippen LogP contribution in [0.15, 0.2) is 40.3 Å². The molecule has 3 rings (SSSR count). The van der Waals surface area contributed by atoms with Gasteiger partial charge in [-0.15, -0.1) is 0 Å². The normalized spacial score (nSPS) is 15.7. The monoisotopic (exact) mass is 286 g/mol. The summed E-state index contributed by atoms with van der Waals surface area (Å²) in [5.41, 5.74) is 2.46. The van der Waals surface area contributed by atoms with Crippen molar-refractivity contribution in [2.45, 2.75) is 43.0 Å². The van der Waals surface area contributed by atoms with Gasteiger partial charge >= 0.3 is 0 Å². The van der Waals surface area contributed by atoms with E-state index in [4.69, 9.17) is 0 Å². The molecule has 1 aliphatic rings. The lowest BCUT2D eigenvalue weighted by Crippen LogP contribution is -2.14. The van der Waals surface area contributed by atoms with Gasteiger partial charge < -0.3 is 4.98 Å². The lowest BCUT2D eigenvalue weighted by molar-refractivity contribution is 0.873. The topological polar surface area (TPSA) is 45.8 Å². The molecule has 0 bridgehead atoms. The maximum atomic E-state index is 12.1. The van der Waals surface area contributed by atoms with Crippen LogP contribution in [-0.2, 0) is 0 Å². The van der Waals surface area contributed by atoms with Crippen molar-refractivity contribution >= 4 is 11.8 Å². The van der Waals surface area contributed by atoms with Gasteiger partial charge in [0.15, 0.2) is 5.16 Å². The van der Waals surface area contributed by atoms with E-state index in [0.717, 1.165) is 16.4 Å². The summed E-state index contributed by atoms with van der Waals surface area (Å²) in [6.45, 7) is 1.83. The fourth-order valence-corrected chi connectivity index (χ4v) is 3.79. The van der Waals surface area contributed by atoms with Crippen LogP contribution in [0.25, 0.3) is 11.3 Å². The van der Waals surface area contributed by atoms with Crippen molar-refractivity contribution in [2.75, 3.05) is 0 Å². The van der Waals surface area contributed by atoms with Crippen molar-refractivity contribution in [3.05, 3.63) is 46.2 Å². The maximum absolute atomic E-state index is 12.1. The van der Waals surface area contributed by atoms with E-state index in [1.807, 2.05) is 37.3 Å². The number of thioether (sulfide) groups is 1. The Morgan fingerprint density at radius 1 is 1.20 bits per heavy atom. The number of hydrogen-bond donors (Lipinski definition) is 1. The standard InChI is InChI=1S/C16H18N2OS/c1-11-14(12-7-3-2-4-8-12)17-16(18-15(11)19)20-13-9-5-6-10-13/h2-4,7-8,13H,5-6,9-10H2,1H3,(H,17,18,19). The van der Waals surface area contributed by atoms with Crippen LogP contribution in [0.3, 0.4) is 0 Å². The Hall–Kier alpha value is -1.55. The minimum absolute atomic E-state index is 0.0284. The zero-order valence-electron chi connectivity index (χ0n) is 11.6. The molecule has 3 nitrogen and oxygen atoms in total. The number of aromatic amines is 1. The Labute approximate surface area is 122 Å². The minimum atomic E-state index is -0.0284. The molecule has 1 saturated carbocycles. The smallest absolute Gasteiger partial charge is 0.255 e. The maximum Gasteiger partial charge on any atom is 0.255 e. The van der Waals surface area contributed by atoms with Gasteiger partial charge in [-0.2, -0.15) is 0 Å². The predicted octanol–water partition coefficient (Wildman–Crippen LogP) is 3.78. The van der Waals surface area contributed by atoms with Gasteiger partial charge in [0.25, 0.3) is 5.56 Å². The van der Waals surface area contributed by atoms with Crippen molar-refractivity contribution in [1.82, 2.24) is 9.97 Å². The summed E-state index contributed by atoms with van der Waals surface area (Å²) in [4.78, 5) is 19.7. The van der Waals surface area contributed by atoms with Gasteiger partial charge in [-0.05, 0) is 19.8 Å². The Morgan fingerprint density at radius 3 is 2.60 bits per heavy atom. The van der Waals surface area contributed by atoms with Crippen molar-refractivity contribution < 1.29 is 0 Å². The Bertz CT molecular complexity index is 645. The fraction of sp³-hybridized carbons (Fsp3) is 0.375. The first-order valence-electron chi connectivity index (χ1n) is 7.07. The summed E-state index contributed by atoms with van der Waals surface area (Å²) in [7, 11) is 0. The second-order valence-corrected chi connectivity index (χ2v) is 6.52. The predicted molar refractivity (Wildman–Crippen MR) is 83.1 cm³/mol. The molecule has 4 heteroatoms. The van der Waals surface area contributed by atoms with Crippen LogP contribution in [0.5, 0.6) is 0 Å². The first kappa shape index (κ1) is 13.4. The molecule has 104 valence electrons. The molecule has 1 aliphatic carbocycles. The second-order valence-electron chi connectivity index (χ2n) is 5.24. The van der Waals surface area contributed by atoms with E-state index in [1.54, 1.807) is 11.8 Å². The fourth-order valence-electron chi connectivity index (χ4n) is 2.61. The molecular weight excluding hydrogens is 268 g/mol. The van der Waals surface area contributed by atoms with Gasteiger partial charge in [0.05, 0.1) is 5.69 Å². The number of nitrogens with zero attached hydrogens (tertiary/aromatic N) is 1. The summed E-state index contributed by atoms with van der Waals surface area (Å²) < 4.78 is 0. The third-order valence-electron chi connectivity index (χ3n) is 3.76. The number of hydrogen-bond acceptors (Lipinski definition) is 3. The lowest BCUT2D eigenvalue weighted by Gasteiger charge is -2.10. The molecule has 0 saturated heterocycles. The third-order valence-corrected chi connectivity index (χ3v) is 4.98. The largest absolute Gasteiger partial charge is 0.301 e. The van der Waals surface area contributed by atoms with E-state index >= 15 is 0 Å². The first-order chi connectivity index (χ1) is 9.74. The molecule has 0 atom stereocenters. The van der Waals surface area contributed by atoms with Gasteiger partial charge in [0.2, 0.25) is 0 Å². The lowest BCUT2D eigenvalue weighted by atomic mass is 10.1. The SMILES string of the molecule is Cc1c(-c2ccccc2)nc(SC2CCCC2)[nH]c1=O. The van der Waals surface area contributed by atoms with Crippen molar-refractivity contribution in [3.8, 4) is 11.3 Å². The molecule has 0 amide bonds. The highest BCUT2D eigenvalue weighted by Crippen LogP contribution is 2.33. The first-order valence-corrected chi connectivity index (χ1v) is 7.95. The summed E-state index contributed by atoms with van der Waals surface area (Å²) in [5, 5.41) is 1.36. The van der Waals surface area contributed by atoms with E-state index in [1.165, 1.54) is 25.7 Å². The zero-order valence-corrected chi connectivity index (χ0v) is 12.4. The Kier molecular flexibility index (Phi) is 3.92. The Morgan fingerprint density at radius 2 is 1.90 bits per heavy atom. The van der Waals surface area contributed by atoms with Gasteiger partial charge in [0.1, 0.15) is 0 Å². The van der Waals surface area contributed by atoms with Crippen LogP contribution in [0, 0.1) is 6.92 Å². The molecule has 0 spiro atoms. The summed E-state index contributed by atoms with van der Waals surface area (Å²) in [5.74, 6) is 0. The number of aromatic nitrogens is 2. The van der Waals surface area contributed by atoms with Crippen LogP contribution < -0.4 is 5.56 Å². The molecule has 1 fully saturated rings. The molecule has 1 N–H and O–H groups in total. The molecule has 0 radical (unpaired) electrons.